The predicted octanol–water partition coefficient (Wildman–Crippen LogP) is 4.09. The van der Waals surface area contributed by atoms with Crippen molar-refractivity contribution in [3.05, 3.63) is 59.9 Å². The van der Waals surface area contributed by atoms with E-state index >= 15 is 0 Å². The second-order valence-corrected chi connectivity index (χ2v) is 4.79. The van der Waals surface area contributed by atoms with Crippen molar-refractivity contribution in [2.75, 3.05) is 11.9 Å². The van der Waals surface area contributed by atoms with E-state index in [0.717, 1.165) is 12.1 Å². The molecule has 1 aromatic heterocycles. The average Bonchev–Trinajstić information content (AvgIpc) is 2.56. The number of nitrogens with zero attached hydrogens (tertiary/aromatic N) is 3. The first-order valence-corrected chi connectivity index (χ1v) is 6.81. The van der Waals surface area contributed by atoms with Gasteiger partial charge in [-0.2, -0.15) is 5.11 Å². The van der Waals surface area contributed by atoms with Crippen LogP contribution < -0.4 is 10.1 Å². The fourth-order valence-electron chi connectivity index (χ4n) is 1.72. The van der Waals surface area contributed by atoms with E-state index in [9.17, 15) is 13.2 Å². The monoisotopic (exact) mass is 337 g/mol. The molecule has 6 nitrogen and oxygen atoms in total. The van der Waals surface area contributed by atoms with Crippen LogP contribution in [-0.2, 0) is 5.92 Å². The molecule has 0 aliphatic rings. The minimum absolute atomic E-state index is 0.0987. The van der Waals surface area contributed by atoms with Crippen LogP contribution >= 0.6 is 0 Å². The zero-order valence-electron chi connectivity index (χ0n) is 12.6. The van der Waals surface area contributed by atoms with Gasteiger partial charge in [0, 0.05) is 31.2 Å². The molecule has 0 spiro atoms. The van der Waals surface area contributed by atoms with Gasteiger partial charge >= 0.3 is 6.01 Å². The normalized spacial score (nSPS) is 11.9. The molecule has 0 radical (unpaired) electrons. The van der Waals surface area contributed by atoms with E-state index in [4.69, 9.17) is 10.3 Å². The highest BCUT2D eigenvalue weighted by molar-refractivity contribution is 5.49. The van der Waals surface area contributed by atoms with E-state index in [1.54, 1.807) is 6.07 Å². The summed E-state index contributed by atoms with van der Waals surface area (Å²) in [7, 11) is 0. The zero-order chi connectivity index (χ0) is 17.6. The Labute approximate surface area is 135 Å². The SMILES string of the molecule is CC(F)(F)c1cc(N/C=C(/COc2ncccn2)N=N)ccc1F. The highest BCUT2D eigenvalue weighted by Gasteiger charge is 2.28. The Kier molecular flexibility index (Phi) is 5.46. The van der Waals surface area contributed by atoms with Crippen LogP contribution in [0.2, 0.25) is 0 Å². The van der Waals surface area contributed by atoms with Crippen LogP contribution in [0, 0.1) is 11.3 Å². The summed E-state index contributed by atoms with van der Waals surface area (Å²) in [6.45, 7) is 0.516. The number of nitrogens with one attached hydrogen (secondary N) is 2. The molecule has 0 fully saturated rings. The first-order valence-electron chi connectivity index (χ1n) is 6.81. The summed E-state index contributed by atoms with van der Waals surface area (Å²) in [6.07, 6.45) is 4.28. The number of rotatable bonds is 7. The van der Waals surface area contributed by atoms with Crippen molar-refractivity contribution in [2.45, 2.75) is 12.8 Å². The van der Waals surface area contributed by atoms with Gasteiger partial charge in [0.15, 0.2) is 0 Å². The molecular weight excluding hydrogens is 323 g/mol. The van der Waals surface area contributed by atoms with Gasteiger partial charge in [-0.05, 0) is 24.3 Å². The third kappa shape index (κ3) is 4.77. The second kappa shape index (κ2) is 7.53. The molecule has 1 heterocycles. The molecule has 2 N–H and O–H groups in total. The third-order valence-corrected chi connectivity index (χ3v) is 2.88. The van der Waals surface area contributed by atoms with Crippen LogP contribution in [0.4, 0.5) is 18.9 Å². The Hall–Kier alpha value is -2.97. The summed E-state index contributed by atoms with van der Waals surface area (Å²) in [6, 6.07) is 4.96. The van der Waals surface area contributed by atoms with Gasteiger partial charge in [0.1, 0.15) is 18.1 Å². The molecule has 9 heteroatoms. The van der Waals surface area contributed by atoms with Crippen molar-refractivity contribution in [1.82, 2.24) is 9.97 Å². The Morgan fingerprint density at radius 1 is 1.38 bits per heavy atom. The molecule has 0 aliphatic carbocycles. The van der Waals surface area contributed by atoms with Crippen LogP contribution in [0.1, 0.15) is 12.5 Å². The molecule has 0 atom stereocenters. The maximum absolute atomic E-state index is 13.4. The maximum Gasteiger partial charge on any atom is 0.316 e. The van der Waals surface area contributed by atoms with Gasteiger partial charge in [-0.1, -0.05) is 0 Å². The lowest BCUT2D eigenvalue weighted by Crippen LogP contribution is -2.10. The zero-order valence-corrected chi connectivity index (χ0v) is 12.6. The molecule has 0 unspecified atom stereocenters. The number of benzene rings is 1. The van der Waals surface area contributed by atoms with Crippen molar-refractivity contribution >= 4 is 5.69 Å². The van der Waals surface area contributed by atoms with Gasteiger partial charge in [0.05, 0.1) is 5.56 Å². The quantitative estimate of drug-likeness (QED) is 0.745. The Balaban J connectivity index is 2.06. The summed E-state index contributed by atoms with van der Waals surface area (Å²) in [5, 5.41) is 5.93. The molecule has 2 rings (SSSR count). The van der Waals surface area contributed by atoms with E-state index in [2.05, 4.69) is 20.4 Å². The number of alkyl halides is 2. The second-order valence-electron chi connectivity index (χ2n) is 4.79. The fourth-order valence-corrected chi connectivity index (χ4v) is 1.72. The smallest absolute Gasteiger partial charge is 0.316 e. The standard InChI is InChI=1S/C15H14F3N5O/c1-15(17,18)12-7-10(3-4-13(12)16)22-8-11(23-19)9-24-14-20-5-2-6-21-14/h2-8,19,22H,9H2,1H3/b11-8-,23-19?. The highest BCUT2D eigenvalue weighted by atomic mass is 19.3. The summed E-state index contributed by atoms with van der Waals surface area (Å²) in [5.74, 6) is -4.30. The van der Waals surface area contributed by atoms with E-state index in [1.165, 1.54) is 24.7 Å². The minimum Gasteiger partial charge on any atom is -0.457 e. The van der Waals surface area contributed by atoms with Crippen LogP contribution in [-0.4, -0.2) is 16.6 Å². The Morgan fingerprint density at radius 3 is 2.71 bits per heavy atom. The molecule has 2 aromatic rings. The number of hydrogen-bond acceptors (Lipinski definition) is 6. The summed E-state index contributed by atoms with van der Waals surface area (Å²) in [4.78, 5) is 7.69. The first kappa shape index (κ1) is 17.4. The average molecular weight is 337 g/mol. The van der Waals surface area contributed by atoms with Gasteiger partial charge in [-0.25, -0.2) is 28.7 Å². The number of aromatic nitrogens is 2. The molecule has 0 amide bonds. The lowest BCUT2D eigenvalue weighted by Gasteiger charge is -2.13. The lowest BCUT2D eigenvalue weighted by molar-refractivity contribution is 0.0138. The highest BCUT2D eigenvalue weighted by Crippen LogP contribution is 2.31. The summed E-state index contributed by atoms with van der Waals surface area (Å²) < 4.78 is 45.3. The molecule has 0 bridgehead atoms. The number of anilines is 1. The number of hydrogen-bond donors (Lipinski definition) is 2. The molecule has 0 saturated heterocycles. The largest absolute Gasteiger partial charge is 0.457 e. The number of halogens is 3. The van der Waals surface area contributed by atoms with Crippen molar-refractivity contribution in [3.8, 4) is 6.01 Å². The molecule has 0 aliphatic heterocycles. The predicted molar refractivity (Wildman–Crippen MR) is 80.3 cm³/mol. The Bertz CT molecular complexity index is 732. The van der Waals surface area contributed by atoms with Crippen molar-refractivity contribution in [2.24, 2.45) is 5.11 Å². The van der Waals surface area contributed by atoms with Crippen LogP contribution in [0.3, 0.4) is 0 Å². The summed E-state index contributed by atoms with van der Waals surface area (Å²) >= 11 is 0. The summed E-state index contributed by atoms with van der Waals surface area (Å²) in [5.41, 5.74) is 6.75. The van der Waals surface area contributed by atoms with Crippen molar-refractivity contribution in [1.29, 1.82) is 5.53 Å². The van der Waals surface area contributed by atoms with Gasteiger partial charge in [0.25, 0.3) is 5.92 Å². The van der Waals surface area contributed by atoms with Gasteiger partial charge in [0.2, 0.25) is 0 Å². The van der Waals surface area contributed by atoms with E-state index in [-0.39, 0.29) is 24.0 Å². The third-order valence-electron chi connectivity index (χ3n) is 2.88. The van der Waals surface area contributed by atoms with Gasteiger partial charge in [-0.15, -0.1) is 0 Å². The molecule has 126 valence electrons. The number of ether oxygens (including phenoxy) is 1. The molecule has 24 heavy (non-hydrogen) atoms. The van der Waals surface area contributed by atoms with Crippen LogP contribution in [0.5, 0.6) is 6.01 Å². The molecule has 0 saturated carbocycles. The van der Waals surface area contributed by atoms with Crippen LogP contribution in [0.15, 0.2) is 53.7 Å². The van der Waals surface area contributed by atoms with E-state index in [1.807, 2.05) is 0 Å². The van der Waals surface area contributed by atoms with Crippen LogP contribution in [0.25, 0.3) is 0 Å². The van der Waals surface area contributed by atoms with Gasteiger partial charge < -0.3 is 10.1 Å². The lowest BCUT2D eigenvalue weighted by atomic mass is 10.1. The maximum atomic E-state index is 13.4. The topological polar surface area (TPSA) is 83.2 Å². The van der Waals surface area contributed by atoms with Crippen molar-refractivity contribution in [3.63, 3.8) is 0 Å². The first-order chi connectivity index (χ1) is 11.4. The Morgan fingerprint density at radius 2 is 2.08 bits per heavy atom. The molecule has 1 aromatic carbocycles. The fraction of sp³-hybridized carbons (Fsp3) is 0.200. The van der Waals surface area contributed by atoms with Crippen molar-refractivity contribution < 1.29 is 17.9 Å². The molecular formula is C15H14F3N5O. The minimum atomic E-state index is -3.30. The van der Waals surface area contributed by atoms with Gasteiger partial charge in [-0.3, -0.25) is 0 Å². The van der Waals surface area contributed by atoms with E-state index in [0.29, 0.717) is 6.92 Å². The van der Waals surface area contributed by atoms with E-state index < -0.39 is 17.3 Å².